The molecule has 1 aliphatic rings. The molecular weight excluding hydrogens is 430 g/mol. The van der Waals surface area contributed by atoms with Crippen molar-refractivity contribution in [1.29, 1.82) is 0 Å². The van der Waals surface area contributed by atoms with Crippen molar-refractivity contribution in [2.24, 2.45) is 0 Å². The summed E-state index contributed by atoms with van der Waals surface area (Å²) in [6.07, 6.45) is 0. The zero-order valence-electron chi connectivity index (χ0n) is 20.6. The summed E-state index contributed by atoms with van der Waals surface area (Å²) in [5.41, 5.74) is 4.71. The third-order valence-corrected chi connectivity index (χ3v) is 6.12. The Bertz CT molecular complexity index is 1010. The third kappa shape index (κ3) is 6.28. The largest absolute Gasteiger partial charge is 0.315 e. The van der Waals surface area contributed by atoms with Crippen molar-refractivity contribution < 1.29 is 14.4 Å². The second kappa shape index (κ2) is 11.9. The maximum absolute atomic E-state index is 13.1. The van der Waals surface area contributed by atoms with E-state index >= 15 is 0 Å². The summed E-state index contributed by atoms with van der Waals surface area (Å²) in [7, 11) is 1.76. The number of hydrazine groups is 1. The van der Waals surface area contributed by atoms with Gasteiger partial charge in [-0.05, 0) is 55.3 Å². The first-order chi connectivity index (χ1) is 16.3. The Labute approximate surface area is 201 Å². The lowest BCUT2D eigenvalue weighted by atomic mass is 10.1. The predicted molar refractivity (Wildman–Crippen MR) is 133 cm³/mol. The van der Waals surface area contributed by atoms with E-state index < -0.39 is 0 Å². The Morgan fingerprint density at radius 3 is 2.21 bits per heavy atom. The maximum atomic E-state index is 13.1. The molecule has 8 heteroatoms. The lowest BCUT2D eigenvalue weighted by molar-refractivity contribution is -0.145. The number of nitrogens with zero attached hydrogens (tertiary/aromatic N) is 3. The molecule has 0 aromatic heterocycles. The van der Waals surface area contributed by atoms with E-state index in [2.05, 4.69) is 22.8 Å². The molecule has 182 valence electrons. The van der Waals surface area contributed by atoms with E-state index in [0.29, 0.717) is 31.7 Å². The molecule has 0 saturated carbocycles. The summed E-state index contributed by atoms with van der Waals surface area (Å²) in [6, 6.07) is 13.6. The van der Waals surface area contributed by atoms with Crippen LogP contribution < -0.4 is 15.5 Å². The van der Waals surface area contributed by atoms with Crippen LogP contribution >= 0.6 is 0 Å². The second-order valence-electron chi connectivity index (χ2n) is 8.57. The van der Waals surface area contributed by atoms with Crippen molar-refractivity contribution in [1.82, 2.24) is 20.7 Å². The van der Waals surface area contributed by atoms with Gasteiger partial charge in [0, 0.05) is 44.5 Å². The molecule has 3 rings (SSSR count). The molecule has 1 heterocycles. The Morgan fingerprint density at radius 1 is 0.971 bits per heavy atom. The number of Topliss-reactive ketones (excluding diaryl/α,β-unsaturated/α-hetero) is 1. The van der Waals surface area contributed by atoms with Gasteiger partial charge >= 0.3 is 0 Å². The zero-order valence-corrected chi connectivity index (χ0v) is 20.6. The number of carbonyl (C=O) groups excluding carboxylic acids is 3. The molecular formula is C26H35N5O3. The van der Waals surface area contributed by atoms with Gasteiger partial charge in [0.25, 0.3) is 5.91 Å². The van der Waals surface area contributed by atoms with Gasteiger partial charge in [-0.2, -0.15) is 0 Å². The highest BCUT2D eigenvalue weighted by Crippen LogP contribution is 2.23. The molecule has 0 saturated heterocycles. The fourth-order valence-corrected chi connectivity index (χ4v) is 4.10. The monoisotopic (exact) mass is 465 g/mol. The first kappa shape index (κ1) is 25.6. The summed E-state index contributed by atoms with van der Waals surface area (Å²) >= 11 is 0. The molecule has 2 aromatic carbocycles. The summed E-state index contributed by atoms with van der Waals surface area (Å²) in [5, 5.41) is 9.89. The smallest absolute Gasteiger partial charge is 0.250 e. The molecule has 2 aromatic rings. The van der Waals surface area contributed by atoms with E-state index in [9.17, 15) is 14.4 Å². The predicted octanol–water partition coefficient (Wildman–Crippen LogP) is 2.12. The molecule has 1 aliphatic heterocycles. The van der Waals surface area contributed by atoms with Crippen molar-refractivity contribution in [2.45, 2.75) is 33.9 Å². The summed E-state index contributed by atoms with van der Waals surface area (Å²) in [4.78, 5) is 39.2. The molecule has 0 aliphatic carbocycles. The highest BCUT2D eigenvalue weighted by molar-refractivity contribution is 5.98. The molecule has 0 atom stereocenters. The third-order valence-electron chi connectivity index (χ3n) is 6.12. The van der Waals surface area contributed by atoms with Crippen LogP contribution in [0.1, 0.15) is 40.9 Å². The van der Waals surface area contributed by atoms with Crippen LogP contribution in [-0.2, 0) is 22.7 Å². The fraction of sp³-hybridized carbons (Fsp3) is 0.423. The van der Waals surface area contributed by atoms with Crippen molar-refractivity contribution in [3.05, 3.63) is 64.7 Å². The van der Waals surface area contributed by atoms with E-state index in [1.165, 1.54) is 18.1 Å². The Balaban J connectivity index is 1.57. The molecule has 0 radical (unpaired) electrons. The van der Waals surface area contributed by atoms with E-state index in [1.807, 2.05) is 43.1 Å². The first-order valence-electron chi connectivity index (χ1n) is 11.7. The van der Waals surface area contributed by atoms with Crippen molar-refractivity contribution in [3.8, 4) is 0 Å². The van der Waals surface area contributed by atoms with Gasteiger partial charge in [0.15, 0.2) is 5.78 Å². The second-order valence-corrected chi connectivity index (χ2v) is 8.57. The quantitative estimate of drug-likeness (QED) is 0.391. The van der Waals surface area contributed by atoms with Gasteiger partial charge in [0.1, 0.15) is 0 Å². The lowest BCUT2D eigenvalue weighted by Gasteiger charge is -2.28. The van der Waals surface area contributed by atoms with Crippen molar-refractivity contribution >= 4 is 23.3 Å². The number of rotatable bonds is 11. The van der Waals surface area contributed by atoms with Crippen LogP contribution in [-0.4, -0.2) is 67.4 Å². The summed E-state index contributed by atoms with van der Waals surface area (Å²) in [6.45, 7) is 8.90. The molecule has 2 amide bonds. The molecule has 0 bridgehead atoms. The van der Waals surface area contributed by atoms with Gasteiger partial charge in [-0.1, -0.05) is 31.2 Å². The van der Waals surface area contributed by atoms with Crippen LogP contribution in [0, 0.1) is 6.92 Å². The Hall–Kier alpha value is -3.07. The van der Waals surface area contributed by atoms with Gasteiger partial charge in [-0.25, -0.2) is 5.01 Å². The van der Waals surface area contributed by atoms with Crippen LogP contribution in [0.4, 0.5) is 5.69 Å². The number of amides is 2. The van der Waals surface area contributed by atoms with E-state index in [-0.39, 0.29) is 30.7 Å². The average molecular weight is 466 g/mol. The topological polar surface area (TPSA) is 85.0 Å². The van der Waals surface area contributed by atoms with Gasteiger partial charge in [-0.15, -0.1) is 0 Å². The number of hydrogen-bond acceptors (Lipinski definition) is 6. The normalized spacial score (nSPS) is 12.9. The van der Waals surface area contributed by atoms with E-state index in [4.69, 9.17) is 0 Å². The van der Waals surface area contributed by atoms with Crippen LogP contribution in [0.5, 0.6) is 0 Å². The zero-order chi connectivity index (χ0) is 24.7. The Morgan fingerprint density at radius 2 is 1.62 bits per heavy atom. The van der Waals surface area contributed by atoms with Gasteiger partial charge < -0.3 is 10.2 Å². The summed E-state index contributed by atoms with van der Waals surface area (Å²) < 4.78 is 0. The maximum Gasteiger partial charge on any atom is 0.250 e. The number of fused-ring (bicyclic) bond motifs is 1. The number of carbonyl (C=O) groups is 3. The Kier molecular flexibility index (Phi) is 8.92. The van der Waals surface area contributed by atoms with E-state index in [0.717, 1.165) is 17.8 Å². The first-order valence-corrected chi connectivity index (χ1v) is 11.7. The number of likely N-dealkylation sites (N-methyl/N-ethyl adjacent to an activating group) is 2. The number of anilines is 1. The van der Waals surface area contributed by atoms with Crippen molar-refractivity contribution in [3.63, 3.8) is 0 Å². The molecule has 2 N–H and O–H groups in total. The minimum absolute atomic E-state index is 0.00873. The lowest BCUT2D eigenvalue weighted by Crippen LogP contribution is -2.47. The number of ketones is 1. The average Bonchev–Trinajstić information content (AvgIpc) is 3.26. The minimum atomic E-state index is -0.124. The molecule has 0 spiro atoms. The van der Waals surface area contributed by atoms with E-state index in [1.54, 1.807) is 23.0 Å². The number of aryl methyl sites for hydroxylation is 1. The van der Waals surface area contributed by atoms with Crippen LogP contribution in [0.2, 0.25) is 0 Å². The van der Waals surface area contributed by atoms with Crippen LogP contribution in [0.3, 0.4) is 0 Å². The minimum Gasteiger partial charge on any atom is -0.315 e. The molecule has 0 unspecified atom stereocenters. The van der Waals surface area contributed by atoms with Gasteiger partial charge in [0.05, 0.1) is 13.1 Å². The van der Waals surface area contributed by atoms with Crippen molar-refractivity contribution in [2.75, 3.05) is 44.7 Å². The standard InChI is InChI=1S/C26H35N5O3/c1-5-27-12-13-31(24-11-10-21(20(3)32)14-19(24)2)26(34)16-28-15-25(33)29(4)30-17-22-8-6-7-9-23(22)18-30/h6-11,14,27-28H,5,12-13,15-18H2,1-4H3. The van der Waals surface area contributed by atoms with Crippen LogP contribution in [0.15, 0.2) is 42.5 Å². The molecule has 8 nitrogen and oxygen atoms in total. The van der Waals surface area contributed by atoms with Crippen LogP contribution in [0.25, 0.3) is 0 Å². The number of benzene rings is 2. The highest BCUT2D eigenvalue weighted by Gasteiger charge is 2.25. The highest BCUT2D eigenvalue weighted by atomic mass is 16.2. The number of hydrogen-bond donors (Lipinski definition) is 2. The fourth-order valence-electron chi connectivity index (χ4n) is 4.10. The summed E-state index contributed by atoms with van der Waals surface area (Å²) in [5.74, 6) is -0.229. The SMILES string of the molecule is CCNCCN(C(=O)CNCC(=O)N(C)N1Cc2ccccc2C1)c1ccc(C(C)=O)cc1C. The molecule has 34 heavy (non-hydrogen) atoms. The van der Waals surface area contributed by atoms with Gasteiger partial charge in [-0.3, -0.25) is 24.7 Å². The number of nitrogens with one attached hydrogen (secondary N) is 2. The molecule has 0 fully saturated rings. The van der Waals surface area contributed by atoms with Gasteiger partial charge in [0.2, 0.25) is 5.91 Å².